The second-order valence-corrected chi connectivity index (χ2v) is 5.38. The molecule has 0 unspecified atom stereocenters. The smallest absolute Gasteiger partial charge is 0.296 e. The molecule has 7 heteroatoms. The zero-order chi connectivity index (χ0) is 14.0. The number of rotatable bonds is 4. The first kappa shape index (κ1) is 13.6. The molecule has 19 heavy (non-hydrogen) atoms. The van der Waals surface area contributed by atoms with E-state index in [1.807, 2.05) is 0 Å². The van der Waals surface area contributed by atoms with Gasteiger partial charge in [-0.05, 0) is 18.2 Å². The molecular weight excluding hydrogens is 270 g/mol. The highest BCUT2D eigenvalue weighted by Gasteiger charge is 2.15. The fourth-order valence-electron chi connectivity index (χ4n) is 1.68. The maximum absolute atomic E-state index is 11.7. The lowest BCUT2D eigenvalue weighted by Gasteiger charge is -2.09. The van der Waals surface area contributed by atoms with Crippen LogP contribution in [0, 0.1) is 0 Å². The number of aromatic nitrogens is 1. The summed E-state index contributed by atoms with van der Waals surface area (Å²) in [7, 11) is 0.358. The summed E-state index contributed by atoms with van der Waals surface area (Å²) in [5.41, 5.74) is 0.575. The monoisotopic (exact) mass is 283 g/mol. The van der Waals surface area contributed by atoms with E-state index in [1.165, 1.54) is 26.4 Å². The van der Waals surface area contributed by atoms with Crippen LogP contribution in [-0.4, -0.2) is 34.7 Å². The number of methoxy groups -OCH3 is 2. The molecule has 102 valence electrons. The van der Waals surface area contributed by atoms with E-state index in [0.717, 1.165) is 7.11 Å². The summed E-state index contributed by atoms with van der Waals surface area (Å²) in [5, 5.41) is 0.571. The molecule has 0 aliphatic heterocycles. The maximum atomic E-state index is 11.7. The molecular formula is C12H13NO5S. The SMILES string of the molecule is COc1cc(OC)c2cc(S(=O)(=O)OC)ccc2n1. The van der Waals surface area contributed by atoms with Gasteiger partial charge in [-0.25, -0.2) is 4.98 Å². The predicted octanol–water partition coefficient (Wildman–Crippen LogP) is 1.59. The van der Waals surface area contributed by atoms with Crippen LogP contribution < -0.4 is 9.47 Å². The number of benzene rings is 1. The lowest BCUT2D eigenvalue weighted by Crippen LogP contribution is -2.03. The van der Waals surface area contributed by atoms with Gasteiger partial charge in [0.15, 0.2) is 0 Å². The van der Waals surface area contributed by atoms with E-state index in [4.69, 9.17) is 9.47 Å². The highest BCUT2D eigenvalue weighted by Crippen LogP contribution is 2.30. The Morgan fingerprint density at radius 1 is 1.05 bits per heavy atom. The average molecular weight is 283 g/mol. The van der Waals surface area contributed by atoms with Gasteiger partial charge in [0.1, 0.15) is 5.75 Å². The summed E-state index contributed by atoms with van der Waals surface area (Å²) in [4.78, 5) is 4.26. The average Bonchev–Trinajstić information content (AvgIpc) is 2.45. The van der Waals surface area contributed by atoms with Crippen molar-refractivity contribution in [3.8, 4) is 11.6 Å². The lowest BCUT2D eigenvalue weighted by atomic mass is 10.2. The van der Waals surface area contributed by atoms with Crippen molar-refractivity contribution in [3.05, 3.63) is 24.3 Å². The van der Waals surface area contributed by atoms with Gasteiger partial charge >= 0.3 is 0 Å². The van der Waals surface area contributed by atoms with Crippen LogP contribution in [0.15, 0.2) is 29.2 Å². The van der Waals surface area contributed by atoms with Gasteiger partial charge < -0.3 is 9.47 Å². The molecule has 1 aromatic heterocycles. The van der Waals surface area contributed by atoms with Crippen LogP contribution >= 0.6 is 0 Å². The minimum atomic E-state index is -3.74. The Morgan fingerprint density at radius 3 is 2.37 bits per heavy atom. The predicted molar refractivity (Wildman–Crippen MR) is 69.0 cm³/mol. The van der Waals surface area contributed by atoms with Crippen LogP contribution in [0.25, 0.3) is 10.9 Å². The Hall–Kier alpha value is -1.86. The Balaban J connectivity index is 2.72. The molecule has 1 aromatic carbocycles. The van der Waals surface area contributed by atoms with E-state index in [0.29, 0.717) is 22.5 Å². The molecule has 0 bridgehead atoms. The summed E-state index contributed by atoms with van der Waals surface area (Å²) in [6.45, 7) is 0. The van der Waals surface area contributed by atoms with E-state index in [1.54, 1.807) is 12.1 Å². The van der Waals surface area contributed by atoms with Gasteiger partial charge in [0, 0.05) is 11.5 Å². The largest absolute Gasteiger partial charge is 0.496 e. The molecule has 0 atom stereocenters. The second kappa shape index (κ2) is 5.02. The van der Waals surface area contributed by atoms with Gasteiger partial charge in [0.2, 0.25) is 5.88 Å². The minimum absolute atomic E-state index is 0.0489. The first-order valence-corrected chi connectivity index (χ1v) is 6.76. The topological polar surface area (TPSA) is 74.7 Å². The normalized spacial score (nSPS) is 11.5. The Kier molecular flexibility index (Phi) is 3.59. The van der Waals surface area contributed by atoms with Crippen molar-refractivity contribution in [2.24, 2.45) is 0 Å². The quantitative estimate of drug-likeness (QED) is 0.793. The van der Waals surface area contributed by atoms with Crippen LogP contribution in [-0.2, 0) is 14.3 Å². The van der Waals surface area contributed by atoms with Crippen molar-refractivity contribution >= 4 is 21.0 Å². The van der Waals surface area contributed by atoms with E-state index in [9.17, 15) is 8.42 Å². The number of hydrogen-bond acceptors (Lipinski definition) is 6. The Bertz CT molecular complexity index is 711. The maximum Gasteiger partial charge on any atom is 0.296 e. The molecule has 0 spiro atoms. The number of nitrogens with zero attached hydrogens (tertiary/aromatic N) is 1. The molecule has 0 aliphatic rings. The van der Waals surface area contributed by atoms with Crippen molar-refractivity contribution < 1.29 is 22.1 Å². The van der Waals surface area contributed by atoms with Crippen LogP contribution in [0.1, 0.15) is 0 Å². The fourth-order valence-corrected chi connectivity index (χ4v) is 2.37. The van der Waals surface area contributed by atoms with Gasteiger partial charge in [-0.3, -0.25) is 4.18 Å². The molecule has 0 saturated heterocycles. The molecule has 6 nitrogen and oxygen atoms in total. The fraction of sp³-hybridized carbons (Fsp3) is 0.250. The second-order valence-electron chi connectivity index (χ2n) is 3.67. The summed E-state index contributed by atoms with van der Waals surface area (Å²) in [5.74, 6) is 0.877. The van der Waals surface area contributed by atoms with Gasteiger partial charge in [0.25, 0.3) is 10.1 Å². The number of fused-ring (bicyclic) bond motifs is 1. The van der Waals surface area contributed by atoms with Gasteiger partial charge in [-0.2, -0.15) is 8.42 Å². The van der Waals surface area contributed by atoms with E-state index in [2.05, 4.69) is 9.17 Å². The minimum Gasteiger partial charge on any atom is -0.496 e. The molecule has 0 aliphatic carbocycles. The highest BCUT2D eigenvalue weighted by molar-refractivity contribution is 7.86. The van der Waals surface area contributed by atoms with Crippen molar-refractivity contribution in [1.29, 1.82) is 0 Å². The lowest BCUT2D eigenvalue weighted by molar-refractivity contribution is 0.386. The Morgan fingerprint density at radius 2 is 1.79 bits per heavy atom. The molecule has 0 N–H and O–H groups in total. The number of ether oxygens (including phenoxy) is 2. The molecule has 0 saturated carbocycles. The van der Waals surface area contributed by atoms with Gasteiger partial charge in [0.05, 0.1) is 31.7 Å². The van der Waals surface area contributed by atoms with Crippen LogP contribution in [0.2, 0.25) is 0 Å². The third kappa shape index (κ3) is 2.47. The molecule has 0 fully saturated rings. The third-order valence-electron chi connectivity index (χ3n) is 2.66. The molecule has 1 heterocycles. The molecule has 0 amide bonds. The van der Waals surface area contributed by atoms with Crippen LogP contribution in [0.5, 0.6) is 11.6 Å². The standard InChI is InChI=1S/C12H13NO5S/c1-16-11-7-12(17-2)13-10-5-4-8(6-9(10)11)19(14,15)18-3/h4-7H,1-3H3. The summed E-state index contributed by atoms with van der Waals surface area (Å²) in [6, 6.07) is 6.05. The van der Waals surface area contributed by atoms with E-state index < -0.39 is 10.1 Å². The van der Waals surface area contributed by atoms with Crippen molar-refractivity contribution in [3.63, 3.8) is 0 Å². The van der Waals surface area contributed by atoms with Gasteiger partial charge in [-0.15, -0.1) is 0 Å². The third-order valence-corrected chi connectivity index (χ3v) is 3.93. The first-order valence-electron chi connectivity index (χ1n) is 5.35. The molecule has 2 aromatic rings. The van der Waals surface area contributed by atoms with Crippen molar-refractivity contribution in [2.75, 3.05) is 21.3 Å². The van der Waals surface area contributed by atoms with Crippen molar-refractivity contribution in [2.45, 2.75) is 4.90 Å². The summed E-state index contributed by atoms with van der Waals surface area (Å²) >= 11 is 0. The van der Waals surface area contributed by atoms with Crippen LogP contribution in [0.3, 0.4) is 0 Å². The van der Waals surface area contributed by atoms with E-state index in [-0.39, 0.29) is 4.90 Å². The first-order chi connectivity index (χ1) is 9.01. The number of hydrogen-bond donors (Lipinski definition) is 0. The molecule has 0 radical (unpaired) electrons. The summed E-state index contributed by atoms with van der Waals surface area (Å²) in [6.07, 6.45) is 0. The highest BCUT2D eigenvalue weighted by atomic mass is 32.2. The molecule has 2 rings (SSSR count). The van der Waals surface area contributed by atoms with Gasteiger partial charge in [-0.1, -0.05) is 0 Å². The van der Waals surface area contributed by atoms with Crippen molar-refractivity contribution in [1.82, 2.24) is 4.98 Å². The van der Waals surface area contributed by atoms with Crippen LogP contribution in [0.4, 0.5) is 0 Å². The Labute approximate surface area is 111 Å². The summed E-state index contributed by atoms with van der Waals surface area (Å²) < 4.78 is 38.1. The number of pyridine rings is 1. The zero-order valence-corrected chi connectivity index (χ0v) is 11.5. The van der Waals surface area contributed by atoms with E-state index >= 15 is 0 Å². The zero-order valence-electron chi connectivity index (χ0n) is 10.7.